The molecule has 0 atom stereocenters. The minimum absolute atomic E-state index is 0.824. The lowest BCUT2D eigenvalue weighted by Gasteiger charge is -1.94. The highest BCUT2D eigenvalue weighted by Crippen LogP contribution is 2.16. The second-order valence-corrected chi connectivity index (χ2v) is 9.90. The number of aliphatic carboxylic acids is 4. The van der Waals surface area contributed by atoms with Crippen molar-refractivity contribution in [1.29, 1.82) is 0 Å². The third kappa shape index (κ3) is 29.7. The normalized spacial score (nSPS) is 8.92. The molecule has 0 aliphatic rings. The van der Waals surface area contributed by atoms with Gasteiger partial charge in [-0.15, -0.1) is 22.7 Å². The molecule has 10 nitrogen and oxygen atoms in total. The number of rotatable bonds is 8. The molecule has 13 heteroatoms. The van der Waals surface area contributed by atoms with Crippen LogP contribution in [0.3, 0.4) is 0 Å². The molecule has 2 heterocycles. The molecule has 2 rings (SSSR count). The fourth-order valence-corrected chi connectivity index (χ4v) is 3.99. The van der Waals surface area contributed by atoms with E-state index in [2.05, 4.69) is 57.8 Å². The largest absolute Gasteiger partial charge is 0.473 e. The van der Waals surface area contributed by atoms with Crippen LogP contribution in [0, 0.1) is 6.92 Å². The molecule has 7 N–H and O–H groups in total. The van der Waals surface area contributed by atoms with Crippen LogP contribution in [0.5, 0.6) is 0 Å². The second-order valence-electron chi connectivity index (χ2n) is 6.70. The van der Waals surface area contributed by atoms with Crippen molar-refractivity contribution in [3.8, 4) is 0 Å². The number of thiophene rings is 2. The molecule has 0 aliphatic heterocycles. The summed E-state index contributed by atoms with van der Waals surface area (Å²) in [7, 11) is 3.75. The molecule has 2 aromatic heterocycles. The Morgan fingerprint density at radius 2 is 1.31 bits per heavy atom. The van der Waals surface area contributed by atoms with Crippen LogP contribution in [0.4, 0.5) is 0 Å². The number of unbranched alkanes of at least 4 members (excludes halogenated alkanes) is 2. The predicted molar refractivity (Wildman–Crippen MR) is 148 cm³/mol. The van der Waals surface area contributed by atoms with Crippen LogP contribution in [0.15, 0.2) is 29.6 Å². The molecule has 0 saturated carbocycles. The van der Waals surface area contributed by atoms with Gasteiger partial charge in [-0.1, -0.05) is 22.0 Å². The molecule has 0 aromatic carbocycles. The van der Waals surface area contributed by atoms with Crippen molar-refractivity contribution in [2.45, 2.75) is 45.4 Å². The van der Waals surface area contributed by atoms with Gasteiger partial charge in [0.05, 0.1) is 0 Å². The number of alkyl halides is 1. The summed E-state index contributed by atoms with van der Waals surface area (Å²) in [5, 5.41) is 35.6. The van der Waals surface area contributed by atoms with Crippen LogP contribution in [-0.2, 0) is 32.0 Å². The van der Waals surface area contributed by atoms with E-state index in [1.165, 1.54) is 46.7 Å². The number of halogens is 1. The molecule has 2 aromatic rings. The number of hydrogen-bond acceptors (Lipinski definition) is 8. The van der Waals surface area contributed by atoms with Crippen molar-refractivity contribution in [2.75, 3.05) is 26.0 Å². The van der Waals surface area contributed by atoms with Gasteiger partial charge in [0.1, 0.15) is 0 Å². The molecule has 0 spiro atoms. The summed E-state index contributed by atoms with van der Waals surface area (Å²) in [6.45, 7) is 2.97. The monoisotopic (exact) mass is 612 g/mol. The minimum atomic E-state index is -1.82. The molecule has 36 heavy (non-hydrogen) atoms. The molecular weight excluding hydrogens is 576 g/mol. The Morgan fingerprint density at radius 1 is 0.833 bits per heavy atom. The van der Waals surface area contributed by atoms with E-state index in [0.29, 0.717) is 0 Å². The molecule has 0 fully saturated rings. The summed E-state index contributed by atoms with van der Waals surface area (Å²) in [6.07, 6.45) is 7.44. The maximum absolute atomic E-state index is 9.10. The van der Waals surface area contributed by atoms with Gasteiger partial charge in [0.25, 0.3) is 0 Å². The number of hydrogen-bond donors (Lipinski definition) is 6. The highest BCUT2D eigenvalue weighted by molar-refractivity contribution is 9.09. The topological polar surface area (TPSA) is 187 Å². The molecule has 0 bridgehead atoms. The summed E-state index contributed by atoms with van der Waals surface area (Å²) in [4.78, 5) is 40.8. The second kappa shape index (κ2) is 27.3. The lowest BCUT2D eigenvalue weighted by molar-refractivity contribution is -0.159. The van der Waals surface area contributed by atoms with Crippen LogP contribution in [0.2, 0.25) is 0 Å². The lowest BCUT2D eigenvalue weighted by atomic mass is 10.2. The Bertz CT molecular complexity index is 782. The fraction of sp³-hybridized carbons (Fsp3) is 0.478. The van der Waals surface area contributed by atoms with Crippen molar-refractivity contribution in [3.63, 3.8) is 0 Å². The smallest absolute Gasteiger partial charge is 0.414 e. The first-order valence-corrected chi connectivity index (χ1v) is 13.6. The third-order valence-corrected chi connectivity index (χ3v) is 5.98. The van der Waals surface area contributed by atoms with Gasteiger partial charge in [-0.05, 0) is 89.7 Å². The zero-order valence-electron chi connectivity index (χ0n) is 20.7. The van der Waals surface area contributed by atoms with Crippen molar-refractivity contribution in [3.05, 3.63) is 44.3 Å². The summed E-state index contributed by atoms with van der Waals surface area (Å²) >= 11 is 7.17. The molecular formula is C23H37BrN2O8S2. The summed E-state index contributed by atoms with van der Waals surface area (Å²) in [6, 6.07) is 8.73. The van der Waals surface area contributed by atoms with Gasteiger partial charge in [0.2, 0.25) is 0 Å². The van der Waals surface area contributed by atoms with Crippen molar-refractivity contribution in [2.24, 2.45) is 5.73 Å². The van der Waals surface area contributed by atoms with Gasteiger partial charge in [-0.3, -0.25) is 0 Å². The minimum Gasteiger partial charge on any atom is -0.473 e. The number of nitrogens with two attached hydrogens (primary N) is 1. The zero-order valence-corrected chi connectivity index (χ0v) is 24.0. The number of aryl methyl sites for hydroxylation is 3. The quantitative estimate of drug-likeness (QED) is 0.145. The molecule has 0 amide bonds. The van der Waals surface area contributed by atoms with E-state index in [1.807, 2.05) is 36.8 Å². The Kier molecular flexibility index (Phi) is 28.9. The lowest BCUT2D eigenvalue weighted by Crippen LogP contribution is -2.09. The SMILES string of the molecule is BrCCCCc1cccs1.CNC.Cc1ccc(CCCCN)s1.O=C(O)C(=O)O.O=C(O)C(=O)O. The number of nitrogens with one attached hydrogen (secondary N) is 1. The highest BCUT2D eigenvalue weighted by Gasteiger charge is 2.04. The van der Waals surface area contributed by atoms with E-state index >= 15 is 0 Å². The van der Waals surface area contributed by atoms with E-state index < -0.39 is 23.9 Å². The third-order valence-electron chi connectivity index (χ3n) is 3.43. The van der Waals surface area contributed by atoms with Crippen LogP contribution < -0.4 is 11.1 Å². The first-order valence-electron chi connectivity index (χ1n) is 10.8. The van der Waals surface area contributed by atoms with E-state index in [-0.39, 0.29) is 0 Å². The van der Waals surface area contributed by atoms with Gasteiger partial charge in [-0.25, -0.2) is 19.2 Å². The average Bonchev–Trinajstić information content (AvgIpc) is 3.48. The first kappa shape index (κ1) is 38.2. The molecule has 0 aliphatic carbocycles. The maximum Gasteiger partial charge on any atom is 0.414 e. The van der Waals surface area contributed by atoms with E-state index in [0.717, 1.165) is 18.3 Å². The Hall–Kier alpha value is -2.32. The van der Waals surface area contributed by atoms with E-state index in [4.69, 9.17) is 45.3 Å². The van der Waals surface area contributed by atoms with Gasteiger partial charge in [-0.2, -0.15) is 0 Å². The average molecular weight is 614 g/mol. The Balaban J connectivity index is -0.000000402. The van der Waals surface area contributed by atoms with Crippen LogP contribution in [-0.4, -0.2) is 70.3 Å². The first-order chi connectivity index (χ1) is 17.0. The number of carboxylic acids is 4. The van der Waals surface area contributed by atoms with Crippen molar-refractivity contribution in [1.82, 2.24) is 5.32 Å². The number of carbonyl (C=O) groups is 4. The summed E-state index contributed by atoms with van der Waals surface area (Å²) in [5.74, 6) is -7.30. The maximum atomic E-state index is 9.10. The molecule has 0 unspecified atom stereocenters. The van der Waals surface area contributed by atoms with Gasteiger partial charge in [0, 0.05) is 20.0 Å². The summed E-state index contributed by atoms with van der Waals surface area (Å²) < 4.78 is 0. The van der Waals surface area contributed by atoms with Gasteiger partial charge in [0.15, 0.2) is 0 Å². The fourth-order valence-electron chi connectivity index (χ4n) is 1.91. The Labute approximate surface area is 228 Å². The van der Waals surface area contributed by atoms with Gasteiger partial charge < -0.3 is 31.5 Å². The summed E-state index contributed by atoms with van der Waals surface area (Å²) in [5.41, 5.74) is 5.40. The molecule has 0 saturated heterocycles. The number of carboxylic acid groups (broad SMARTS) is 4. The standard InChI is InChI=1S/C9H15NS.C8H11BrS.C2H7N.2C2H2O4/c1-8-5-6-9(11-8)4-2-3-7-10;9-6-2-1-4-8-5-3-7-10-8;1-3-2;2*3-1(4)2(5)6/h5-6H,2-4,7,10H2,1H3;3,5,7H,1-2,4,6H2;3H,1-2H3;2*(H,3,4)(H,5,6). The van der Waals surface area contributed by atoms with Crippen LogP contribution in [0.25, 0.3) is 0 Å². The zero-order chi connectivity index (χ0) is 28.4. The predicted octanol–water partition coefficient (Wildman–Crippen LogP) is 3.95. The van der Waals surface area contributed by atoms with Gasteiger partial charge >= 0.3 is 23.9 Å². The van der Waals surface area contributed by atoms with E-state index in [9.17, 15) is 0 Å². The van der Waals surface area contributed by atoms with Crippen LogP contribution >= 0.6 is 38.6 Å². The Morgan fingerprint density at radius 3 is 1.64 bits per heavy atom. The highest BCUT2D eigenvalue weighted by atomic mass is 79.9. The van der Waals surface area contributed by atoms with Crippen LogP contribution in [0.1, 0.15) is 40.3 Å². The molecule has 206 valence electrons. The van der Waals surface area contributed by atoms with Crippen molar-refractivity contribution < 1.29 is 39.6 Å². The van der Waals surface area contributed by atoms with Crippen molar-refractivity contribution >= 4 is 62.5 Å². The molecule has 0 radical (unpaired) electrons. The van der Waals surface area contributed by atoms with E-state index in [1.54, 1.807) is 0 Å².